The first-order chi connectivity index (χ1) is 11.7. The molecule has 0 atom stereocenters. The quantitative estimate of drug-likeness (QED) is 0.775. The number of rotatable bonds is 6. The highest BCUT2D eigenvalue weighted by Crippen LogP contribution is 2.49. The molecule has 6 heteroatoms. The van der Waals surface area contributed by atoms with Crippen LogP contribution in [0.15, 0.2) is 18.2 Å². The van der Waals surface area contributed by atoms with Crippen LogP contribution in [0.5, 0.6) is 5.75 Å². The lowest BCUT2D eigenvalue weighted by atomic mass is 9.93. The summed E-state index contributed by atoms with van der Waals surface area (Å²) in [5.74, 6) is 0.785. The van der Waals surface area contributed by atoms with Crippen LogP contribution in [-0.2, 0) is 14.9 Å². The van der Waals surface area contributed by atoms with Gasteiger partial charge in [0.2, 0.25) is 5.91 Å². The van der Waals surface area contributed by atoms with Crippen LogP contribution < -0.4 is 15.4 Å². The largest absolute Gasteiger partial charge is 0.496 e. The van der Waals surface area contributed by atoms with E-state index in [4.69, 9.17) is 9.47 Å². The minimum atomic E-state index is -0.532. The first-order valence-electron chi connectivity index (χ1n) is 8.58. The van der Waals surface area contributed by atoms with Crippen molar-refractivity contribution in [2.45, 2.75) is 51.6 Å². The van der Waals surface area contributed by atoms with Crippen molar-refractivity contribution >= 4 is 12.0 Å². The number of hydrogen-bond acceptors (Lipinski definition) is 4. The average molecular weight is 348 g/mol. The van der Waals surface area contributed by atoms with Crippen LogP contribution in [0.25, 0.3) is 0 Å². The van der Waals surface area contributed by atoms with Gasteiger partial charge < -0.3 is 20.1 Å². The summed E-state index contributed by atoms with van der Waals surface area (Å²) in [7, 11) is 1.63. The predicted molar refractivity (Wildman–Crippen MR) is 95.9 cm³/mol. The topological polar surface area (TPSA) is 76.7 Å². The zero-order valence-electron chi connectivity index (χ0n) is 15.7. The molecule has 1 aliphatic carbocycles. The second-order valence-electron chi connectivity index (χ2n) is 7.45. The second kappa shape index (κ2) is 7.33. The molecule has 0 spiro atoms. The van der Waals surface area contributed by atoms with Crippen molar-refractivity contribution < 1.29 is 19.1 Å². The fourth-order valence-electron chi connectivity index (χ4n) is 2.71. The average Bonchev–Trinajstić information content (AvgIpc) is 3.32. The third kappa shape index (κ3) is 4.87. The number of amides is 2. The lowest BCUT2D eigenvalue weighted by molar-refractivity contribution is -0.123. The van der Waals surface area contributed by atoms with Gasteiger partial charge in [-0.1, -0.05) is 12.1 Å². The smallest absolute Gasteiger partial charge is 0.407 e. The third-order valence-corrected chi connectivity index (χ3v) is 4.22. The number of nitrogens with one attached hydrogen (secondary N) is 2. The maximum atomic E-state index is 12.6. The number of carbonyl (C=O) groups excluding carboxylic acids is 2. The Morgan fingerprint density at radius 2 is 1.80 bits per heavy atom. The van der Waals surface area contributed by atoms with Crippen LogP contribution >= 0.6 is 0 Å². The van der Waals surface area contributed by atoms with Gasteiger partial charge in [-0.3, -0.25) is 4.79 Å². The molecule has 2 rings (SSSR count). The second-order valence-corrected chi connectivity index (χ2v) is 7.45. The summed E-state index contributed by atoms with van der Waals surface area (Å²) in [6, 6.07) is 5.91. The van der Waals surface area contributed by atoms with E-state index in [9.17, 15) is 9.59 Å². The van der Waals surface area contributed by atoms with Crippen LogP contribution in [0.3, 0.4) is 0 Å². The van der Waals surface area contributed by atoms with Crippen molar-refractivity contribution in [1.82, 2.24) is 10.6 Å². The minimum absolute atomic E-state index is 0.00982. The molecule has 1 aromatic rings. The van der Waals surface area contributed by atoms with Crippen LogP contribution in [0.2, 0.25) is 0 Å². The van der Waals surface area contributed by atoms with Crippen LogP contribution in [0.4, 0.5) is 4.79 Å². The Labute approximate surface area is 149 Å². The molecule has 2 amide bonds. The number of aryl methyl sites for hydroxylation is 1. The maximum Gasteiger partial charge on any atom is 0.407 e. The molecule has 0 radical (unpaired) electrons. The number of methoxy groups -OCH3 is 1. The summed E-state index contributed by atoms with van der Waals surface area (Å²) in [6.45, 7) is 8.09. The molecular weight excluding hydrogens is 320 g/mol. The van der Waals surface area contributed by atoms with E-state index in [0.717, 1.165) is 29.7 Å². The van der Waals surface area contributed by atoms with Crippen LogP contribution in [-0.4, -0.2) is 37.8 Å². The number of alkyl carbamates (subject to hydrolysis) is 1. The molecule has 138 valence electrons. The predicted octanol–water partition coefficient (Wildman–Crippen LogP) is 2.68. The summed E-state index contributed by atoms with van der Waals surface area (Å²) in [6.07, 6.45) is 1.17. The first-order valence-corrected chi connectivity index (χ1v) is 8.58. The Bertz CT molecular complexity index is 645. The van der Waals surface area contributed by atoms with Gasteiger partial charge >= 0.3 is 6.09 Å². The third-order valence-electron chi connectivity index (χ3n) is 4.22. The highest BCUT2D eigenvalue weighted by Gasteiger charge is 2.51. The Balaban J connectivity index is 1.86. The Kier molecular flexibility index (Phi) is 5.60. The van der Waals surface area contributed by atoms with Gasteiger partial charge in [0.05, 0.1) is 12.5 Å². The molecule has 0 unspecified atom stereocenters. The molecule has 1 saturated carbocycles. The molecule has 0 bridgehead atoms. The minimum Gasteiger partial charge on any atom is -0.496 e. The lowest BCUT2D eigenvalue weighted by Gasteiger charge is -2.20. The number of benzene rings is 1. The van der Waals surface area contributed by atoms with Crippen molar-refractivity contribution in [2.24, 2.45) is 0 Å². The summed E-state index contributed by atoms with van der Waals surface area (Å²) in [5, 5.41) is 5.54. The van der Waals surface area contributed by atoms with E-state index in [0.29, 0.717) is 13.1 Å². The van der Waals surface area contributed by atoms with Crippen molar-refractivity contribution in [2.75, 3.05) is 20.2 Å². The zero-order valence-corrected chi connectivity index (χ0v) is 15.7. The molecule has 0 saturated heterocycles. The Morgan fingerprint density at radius 1 is 1.16 bits per heavy atom. The van der Waals surface area contributed by atoms with Gasteiger partial charge in [-0.2, -0.15) is 0 Å². The molecule has 0 aliphatic heterocycles. The molecule has 1 fully saturated rings. The molecular formula is C19H28N2O4. The van der Waals surface area contributed by atoms with Gasteiger partial charge in [-0.05, 0) is 57.7 Å². The standard InChI is InChI=1S/C19H28N2O4/c1-13-6-7-14(12-15(13)24-5)19(8-9-19)16(22)20-10-11-21-17(23)25-18(2,3)4/h6-7,12H,8-11H2,1-5H3,(H,20,22)(H,21,23). The van der Waals surface area contributed by atoms with E-state index < -0.39 is 17.1 Å². The number of carbonyl (C=O) groups is 2. The molecule has 25 heavy (non-hydrogen) atoms. The highest BCUT2D eigenvalue weighted by molar-refractivity contribution is 5.91. The summed E-state index contributed by atoms with van der Waals surface area (Å²) in [5.41, 5.74) is 1.03. The number of hydrogen-bond donors (Lipinski definition) is 2. The van der Waals surface area contributed by atoms with Gasteiger partial charge in [-0.25, -0.2) is 4.79 Å². The van der Waals surface area contributed by atoms with Crippen LogP contribution in [0, 0.1) is 6.92 Å². The van der Waals surface area contributed by atoms with E-state index in [2.05, 4.69) is 10.6 Å². The monoisotopic (exact) mass is 348 g/mol. The summed E-state index contributed by atoms with van der Waals surface area (Å²) >= 11 is 0. The Morgan fingerprint density at radius 3 is 2.36 bits per heavy atom. The molecule has 0 heterocycles. The molecule has 1 aromatic carbocycles. The molecule has 1 aliphatic rings. The van der Waals surface area contributed by atoms with Gasteiger partial charge in [0.1, 0.15) is 11.4 Å². The van der Waals surface area contributed by atoms with Crippen molar-refractivity contribution in [1.29, 1.82) is 0 Å². The first kappa shape index (κ1) is 19.1. The SMILES string of the molecule is COc1cc(C2(C(=O)NCCNC(=O)OC(C)(C)C)CC2)ccc1C. The molecule has 6 nitrogen and oxygen atoms in total. The summed E-state index contributed by atoms with van der Waals surface area (Å²) < 4.78 is 10.5. The van der Waals surface area contributed by atoms with Gasteiger partial charge in [-0.15, -0.1) is 0 Å². The van der Waals surface area contributed by atoms with Crippen molar-refractivity contribution in [3.63, 3.8) is 0 Å². The van der Waals surface area contributed by atoms with E-state index >= 15 is 0 Å². The maximum absolute atomic E-state index is 12.6. The summed E-state index contributed by atoms with van der Waals surface area (Å²) in [4.78, 5) is 24.2. The highest BCUT2D eigenvalue weighted by atomic mass is 16.6. The Hall–Kier alpha value is -2.24. The van der Waals surface area contributed by atoms with E-state index in [1.54, 1.807) is 27.9 Å². The van der Waals surface area contributed by atoms with Gasteiger partial charge in [0, 0.05) is 13.1 Å². The fourth-order valence-corrected chi connectivity index (χ4v) is 2.71. The van der Waals surface area contributed by atoms with Crippen molar-refractivity contribution in [3.8, 4) is 5.75 Å². The molecule has 2 N–H and O–H groups in total. The van der Waals surface area contributed by atoms with Gasteiger partial charge in [0.15, 0.2) is 0 Å². The van der Waals surface area contributed by atoms with Gasteiger partial charge in [0.25, 0.3) is 0 Å². The molecule has 0 aromatic heterocycles. The van der Waals surface area contributed by atoms with Crippen LogP contribution in [0.1, 0.15) is 44.7 Å². The van der Waals surface area contributed by atoms with E-state index in [1.807, 2.05) is 25.1 Å². The van der Waals surface area contributed by atoms with Crippen molar-refractivity contribution in [3.05, 3.63) is 29.3 Å². The fraction of sp³-hybridized carbons (Fsp3) is 0.579. The normalized spacial score (nSPS) is 15.2. The lowest BCUT2D eigenvalue weighted by Crippen LogP contribution is -2.41. The van der Waals surface area contributed by atoms with E-state index in [-0.39, 0.29) is 5.91 Å². The van der Waals surface area contributed by atoms with E-state index in [1.165, 1.54) is 0 Å². The number of ether oxygens (including phenoxy) is 2. The zero-order chi connectivity index (χ0) is 18.7.